The van der Waals surface area contributed by atoms with Gasteiger partial charge in [0.05, 0.1) is 4.90 Å². The van der Waals surface area contributed by atoms with Crippen molar-refractivity contribution in [3.8, 4) is 0 Å². The molecule has 0 spiro atoms. The standard InChI is InChI=1S/C15H25N3O2S.ClH/c1-16-11-14-7-5-9-18(14)12-13-6-4-8-15(10-13)21(19,20)17(2)3;/h4,6,8,10,14,16H,5,7,9,11-12H2,1-3H3;1H. The third-order valence-corrected chi connectivity index (χ3v) is 5.81. The Morgan fingerprint density at radius 2 is 2.09 bits per heavy atom. The van der Waals surface area contributed by atoms with E-state index in [9.17, 15) is 8.42 Å². The first-order chi connectivity index (χ1) is 9.95. The van der Waals surface area contributed by atoms with Gasteiger partial charge in [0.25, 0.3) is 0 Å². The number of likely N-dealkylation sites (N-methyl/N-ethyl adjacent to an activating group) is 1. The quantitative estimate of drug-likeness (QED) is 0.848. The number of hydrogen-bond donors (Lipinski definition) is 1. The molecule has 1 aliphatic rings. The van der Waals surface area contributed by atoms with Gasteiger partial charge in [-0.3, -0.25) is 4.90 Å². The van der Waals surface area contributed by atoms with Gasteiger partial charge < -0.3 is 5.32 Å². The number of nitrogens with one attached hydrogen (secondary N) is 1. The Labute approximate surface area is 140 Å². The molecule has 1 atom stereocenters. The lowest BCUT2D eigenvalue weighted by Gasteiger charge is -2.24. The second kappa shape index (κ2) is 8.26. The van der Waals surface area contributed by atoms with Crippen LogP contribution in [-0.4, -0.2) is 57.9 Å². The molecule has 1 heterocycles. The topological polar surface area (TPSA) is 52.7 Å². The Bertz CT molecular complexity index is 578. The van der Waals surface area contributed by atoms with E-state index in [2.05, 4.69) is 10.2 Å². The molecule has 7 heteroatoms. The van der Waals surface area contributed by atoms with Crippen molar-refractivity contribution in [1.29, 1.82) is 0 Å². The van der Waals surface area contributed by atoms with Crippen LogP contribution in [-0.2, 0) is 16.6 Å². The smallest absolute Gasteiger partial charge is 0.242 e. The summed E-state index contributed by atoms with van der Waals surface area (Å²) in [5.41, 5.74) is 1.06. The zero-order valence-corrected chi connectivity index (χ0v) is 15.1. The molecule has 126 valence electrons. The summed E-state index contributed by atoms with van der Waals surface area (Å²) in [6.45, 7) is 2.87. The first-order valence-corrected chi connectivity index (χ1v) is 8.79. The third kappa shape index (κ3) is 4.43. The van der Waals surface area contributed by atoms with E-state index >= 15 is 0 Å². The fraction of sp³-hybridized carbons (Fsp3) is 0.600. The summed E-state index contributed by atoms with van der Waals surface area (Å²) >= 11 is 0. The molecule has 0 saturated carbocycles. The molecule has 1 unspecified atom stereocenters. The maximum Gasteiger partial charge on any atom is 0.242 e. The van der Waals surface area contributed by atoms with Crippen LogP contribution in [0.2, 0.25) is 0 Å². The third-order valence-electron chi connectivity index (χ3n) is 4.00. The van der Waals surface area contributed by atoms with Crippen molar-refractivity contribution in [3.63, 3.8) is 0 Å². The van der Waals surface area contributed by atoms with Gasteiger partial charge in [0.2, 0.25) is 10.0 Å². The van der Waals surface area contributed by atoms with Crippen LogP contribution in [0.4, 0.5) is 0 Å². The van der Waals surface area contributed by atoms with E-state index < -0.39 is 10.0 Å². The molecular formula is C15H26ClN3O2S. The molecule has 0 amide bonds. The number of likely N-dealkylation sites (tertiary alicyclic amines) is 1. The fourth-order valence-corrected chi connectivity index (χ4v) is 3.79. The minimum Gasteiger partial charge on any atom is -0.318 e. The van der Waals surface area contributed by atoms with Crippen LogP contribution >= 0.6 is 12.4 Å². The molecular weight excluding hydrogens is 322 g/mol. The molecule has 1 N–H and O–H groups in total. The van der Waals surface area contributed by atoms with Crippen molar-refractivity contribution in [2.45, 2.75) is 30.3 Å². The van der Waals surface area contributed by atoms with E-state index in [0.29, 0.717) is 10.9 Å². The molecule has 0 radical (unpaired) electrons. The summed E-state index contributed by atoms with van der Waals surface area (Å²) in [5.74, 6) is 0. The number of rotatable bonds is 6. The van der Waals surface area contributed by atoms with Crippen molar-refractivity contribution in [2.24, 2.45) is 0 Å². The lowest BCUT2D eigenvalue weighted by Crippen LogP contribution is -2.36. The SMILES string of the molecule is CNCC1CCCN1Cc1cccc(S(=O)(=O)N(C)C)c1.Cl. The van der Waals surface area contributed by atoms with Gasteiger partial charge in [-0.25, -0.2) is 12.7 Å². The predicted molar refractivity (Wildman–Crippen MR) is 91.9 cm³/mol. The first kappa shape index (κ1) is 19.4. The van der Waals surface area contributed by atoms with E-state index in [1.165, 1.54) is 17.1 Å². The molecule has 0 bridgehead atoms. The molecule has 2 rings (SSSR count). The van der Waals surface area contributed by atoms with E-state index in [-0.39, 0.29) is 12.4 Å². The van der Waals surface area contributed by atoms with Crippen molar-refractivity contribution >= 4 is 22.4 Å². The maximum atomic E-state index is 12.2. The van der Waals surface area contributed by atoms with Crippen LogP contribution in [0.1, 0.15) is 18.4 Å². The number of nitrogens with zero attached hydrogens (tertiary/aromatic N) is 2. The van der Waals surface area contributed by atoms with Crippen LogP contribution in [0.25, 0.3) is 0 Å². The fourth-order valence-electron chi connectivity index (χ4n) is 2.82. The highest BCUT2D eigenvalue weighted by molar-refractivity contribution is 7.89. The van der Waals surface area contributed by atoms with Crippen LogP contribution in [0, 0.1) is 0 Å². The highest BCUT2D eigenvalue weighted by Crippen LogP contribution is 2.21. The minimum absolute atomic E-state index is 0. The Hall–Kier alpha value is -0.660. The lowest BCUT2D eigenvalue weighted by molar-refractivity contribution is 0.242. The molecule has 0 aliphatic carbocycles. The van der Waals surface area contributed by atoms with Crippen molar-refractivity contribution in [2.75, 3.05) is 34.2 Å². The lowest BCUT2D eigenvalue weighted by atomic mass is 10.2. The summed E-state index contributed by atoms with van der Waals surface area (Å²) < 4.78 is 25.6. The summed E-state index contributed by atoms with van der Waals surface area (Å²) in [7, 11) is 1.74. The average Bonchev–Trinajstić information content (AvgIpc) is 2.87. The van der Waals surface area contributed by atoms with Crippen molar-refractivity contribution in [3.05, 3.63) is 29.8 Å². The Morgan fingerprint density at radius 1 is 1.36 bits per heavy atom. The number of halogens is 1. The van der Waals surface area contributed by atoms with E-state index in [0.717, 1.165) is 25.2 Å². The molecule has 0 aromatic heterocycles. The molecule has 1 aromatic carbocycles. The number of benzene rings is 1. The normalized spacial score (nSPS) is 19.4. The molecule has 1 fully saturated rings. The van der Waals surface area contributed by atoms with Crippen molar-refractivity contribution in [1.82, 2.24) is 14.5 Å². The minimum atomic E-state index is -3.35. The largest absolute Gasteiger partial charge is 0.318 e. The van der Waals surface area contributed by atoms with Gasteiger partial charge in [-0.15, -0.1) is 12.4 Å². The number of sulfonamides is 1. The second-order valence-corrected chi connectivity index (χ2v) is 7.91. The van der Waals surface area contributed by atoms with Crippen molar-refractivity contribution < 1.29 is 8.42 Å². The Morgan fingerprint density at radius 3 is 2.73 bits per heavy atom. The predicted octanol–water partition coefficient (Wildman–Crippen LogP) is 1.54. The van der Waals surface area contributed by atoms with Crippen LogP contribution in [0.15, 0.2) is 29.2 Å². The van der Waals surface area contributed by atoms with Gasteiger partial charge in [-0.2, -0.15) is 0 Å². The van der Waals surface area contributed by atoms with Gasteiger partial charge in [-0.1, -0.05) is 12.1 Å². The highest BCUT2D eigenvalue weighted by atomic mass is 35.5. The summed E-state index contributed by atoms with van der Waals surface area (Å²) in [6.07, 6.45) is 2.42. The van der Waals surface area contributed by atoms with Gasteiger partial charge in [0.1, 0.15) is 0 Å². The first-order valence-electron chi connectivity index (χ1n) is 7.35. The zero-order chi connectivity index (χ0) is 15.5. The van der Waals surface area contributed by atoms with E-state index in [1.807, 2.05) is 19.2 Å². The maximum absolute atomic E-state index is 12.2. The second-order valence-electron chi connectivity index (χ2n) is 5.76. The number of hydrogen-bond acceptors (Lipinski definition) is 4. The van der Waals surface area contributed by atoms with Gasteiger partial charge in [-0.05, 0) is 44.1 Å². The molecule has 22 heavy (non-hydrogen) atoms. The monoisotopic (exact) mass is 347 g/mol. The highest BCUT2D eigenvalue weighted by Gasteiger charge is 2.24. The molecule has 5 nitrogen and oxygen atoms in total. The van der Waals surface area contributed by atoms with Crippen LogP contribution in [0.5, 0.6) is 0 Å². The van der Waals surface area contributed by atoms with Gasteiger partial charge >= 0.3 is 0 Å². The van der Waals surface area contributed by atoms with E-state index in [4.69, 9.17) is 0 Å². The van der Waals surface area contributed by atoms with Gasteiger partial charge in [0.15, 0.2) is 0 Å². The molecule has 1 aromatic rings. The Kier molecular flexibility index (Phi) is 7.28. The zero-order valence-electron chi connectivity index (χ0n) is 13.4. The summed E-state index contributed by atoms with van der Waals surface area (Å²) in [4.78, 5) is 2.80. The molecule has 1 saturated heterocycles. The van der Waals surface area contributed by atoms with E-state index in [1.54, 1.807) is 26.2 Å². The summed E-state index contributed by atoms with van der Waals surface area (Å²) in [6, 6.07) is 7.83. The molecule has 1 aliphatic heterocycles. The summed E-state index contributed by atoms with van der Waals surface area (Å²) in [5, 5.41) is 3.23. The van der Waals surface area contributed by atoms with Crippen LogP contribution in [0.3, 0.4) is 0 Å². The van der Waals surface area contributed by atoms with Crippen LogP contribution < -0.4 is 5.32 Å². The Balaban J connectivity index is 0.00000242. The van der Waals surface area contributed by atoms with Gasteiger partial charge in [0, 0.05) is 33.2 Å². The average molecular weight is 348 g/mol.